The summed E-state index contributed by atoms with van der Waals surface area (Å²) in [4.78, 5) is 0. The van der Waals surface area contributed by atoms with Gasteiger partial charge in [0.15, 0.2) is 0 Å². The molecular formula is C14H23NO2S. The van der Waals surface area contributed by atoms with Gasteiger partial charge in [0.05, 0.1) is 12.4 Å². The van der Waals surface area contributed by atoms with Crippen LogP contribution in [0.3, 0.4) is 0 Å². The van der Waals surface area contributed by atoms with Crippen molar-refractivity contribution in [2.45, 2.75) is 38.0 Å². The van der Waals surface area contributed by atoms with Gasteiger partial charge in [0.1, 0.15) is 5.75 Å². The van der Waals surface area contributed by atoms with Crippen molar-refractivity contribution < 1.29 is 8.95 Å². The van der Waals surface area contributed by atoms with Crippen molar-refractivity contribution in [2.75, 3.05) is 12.9 Å². The molecule has 18 heavy (non-hydrogen) atoms. The molecule has 102 valence electrons. The third kappa shape index (κ3) is 4.10. The van der Waals surface area contributed by atoms with Crippen LogP contribution in [-0.2, 0) is 10.8 Å². The Bertz CT molecular complexity index is 378. The molecule has 0 saturated heterocycles. The van der Waals surface area contributed by atoms with Crippen molar-refractivity contribution in [1.29, 1.82) is 0 Å². The number of methoxy groups -OCH3 is 1. The number of ether oxygens (including phenoxy) is 1. The number of hydrogen-bond donors (Lipinski definition) is 1. The number of unbranched alkanes of at least 4 members (excludes halogenated alkanes) is 1. The molecule has 0 spiro atoms. The fourth-order valence-electron chi connectivity index (χ4n) is 1.73. The zero-order valence-corrected chi connectivity index (χ0v) is 12.2. The van der Waals surface area contributed by atoms with E-state index in [1.54, 1.807) is 7.11 Å². The van der Waals surface area contributed by atoms with E-state index in [-0.39, 0.29) is 11.3 Å². The highest BCUT2D eigenvalue weighted by Gasteiger charge is 2.20. The molecule has 0 fully saturated rings. The lowest BCUT2D eigenvalue weighted by molar-refractivity contribution is 0.414. The fraction of sp³-hybridized carbons (Fsp3) is 0.571. The summed E-state index contributed by atoms with van der Waals surface area (Å²) in [5.41, 5.74) is 7.18. The van der Waals surface area contributed by atoms with Crippen LogP contribution in [-0.4, -0.2) is 22.3 Å². The Morgan fingerprint density at radius 2 is 1.94 bits per heavy atom. The quantitative estimate of drug-likeness (QED) is 0.828. The van der Waals surface area contributed by atoms with Gasteiger partial charge in [-0.1, -0.05) is 25.5 Å². The summed E-state index contributed by atoms with van der Waals surface area (Å²) in [6.45, 7) is 4.06. The molecule has 0 aliphatic heterocycles. The molecule has 3 nitrogen and oxygen atoms in total. The van der Waals surface area contributed by atoms with Gasteiger partial charge in [-0.3, -0.25) is 4.21 Å². The Labute approximate surface area is 112 Å². The maximum atomic E-state index is 12.0. The third-order valence-electron chi connectivity index (χ3n) is 3.12. The molecule has 1 aromatic rings. The predicted octanol–water partition coefficient (Wildman–Crippen LogP) is 2.63. The summed E-state index contributed by atoms with van der Waals surface area (Å²) >= 11 is 0. The van der Waals surface area contributed by atoms with Crippen LogP contribution in [0.25, 0.3) is 0 Å². The third-order valence-corrected chi connectivity index (χ3v) is 4.93. The van der Waals surface area contributed by atoms with Gasteiger partial charge in [-0.05, 0) is 31.0 Å². The van der Waals surface area contributed by atoms with Gasteiger partial charge in [0.25, 0.3) is 0 Å². The molecule has 0 aromatic heterocycles. The zero-order valence-electron chi connectivity index (χ0n) is 11.4. The van der Waals surface area contributed by atoms with Crippen molar-refractivity contribution in [3.63, 3.8) is 0 Å². The smallest absolute Gasteiger partial charge is 0.118 e. The molecule has 0 saturated carbocycles. The lowest BCUT2D eigenvalue weighted by atomic mass is 10.1. The van der Waals surface area contributed by atoms with E-state index in [9.17, 15) is 4.21 Å². The monoisotopic (exact) mass is 269 g/mol. The zero-order chi connectivity index (χ0) is 13.5. The summed E-state index contributed by atoms with van der Waals surface area (Å²) < 4.78 is 17.2. The minimum atomic E-state index is -0.859. The maximum absolute atomic E-state index is 12.0. The Morgan fingerprint density at radius 3 is 2.44 bits per heavy atom. The normalized spacial score (nSPS) is 16.0. The minimum absolute atomic E-state index is 0.0232. The van der Waals surface area contributed by atoms with Crippen LogP contribution >= 0.6 is 0 Å². The van der Waals surface area contributed by atoms with Crippen LogP contribution in [0, 0.1) is 0 Å². The van der Waals surface area contributed by atoms with Crippen LogP contribution in [0.5, 0.6) is 5.75 Å². The molecule has 0 aliphatic rings. The maximum Gasteiger partial charge on any atom is 0.118 e. The Hall–Kier alpha value is -0.870. The molecule has 0 amide bonds. The molecule has 1 aromatic carbocycles. The molecule has 3 unspecified atom stereocenters. The van der Waals surface area contributed by atoms with Gasteiger partial charge in [-0.2, -0.15) is 0 Å². The molecule has 2 N–H and O–H groups in total. The van der Waals surface area contributed by atoms with E-state index >= 15 is 0 Å². The largest absolute Gasteiger partial charge is 0.497 e. The highest BCUT2D eigenvalue weighted by Crippen LogP contribution is 2.21. The van der Waals surface area contributed by atoms with E-state index in [4.69, 9.17) is 10.5 Å². The van der Waals surface area contributed by atoms with Gasteiger partial charge >= 0.3 is 0 Å². The lowest BCUT2D eigenvalue weighted by Crippen LogP contribution is -2.28. The SMILES string of the molecule is CCCCS(=O)C(C)C(N)c1ccc(OC)cc1. The first kappa shape index (κ1) is 15.2. The van der Waals surface area contributed by atoms with E-state index in [2.05, 4.69) is 6.92 Å². The molecule has 0 heterocycles. The van der Waals surface area contributed by atoms with Crippen LogP contribution in [0.2, 0.25) is 0 Å². The van der Waals surface area contributed by atoms with Crippen molar-refractivity contribution in [1.82, 2.24) is 0 Å². The van der Waals surface area contributed by atoms with Crippen molar-refractivity contribution >= 4 is 10.8 Å². The van der Waals surface area contributed by atoms with Crippen molar-refractivity contribution in [3.8, 4) is 5.75 Å². The lowest BCUT2D eigenvalue weighted by Gasteiger charge is -2.20. The summed E-state index contributed by atoms with van der Waals surface area (Å²) in [7, 11) is 0.778. The van der Waals surface area contributed by atoms with Crippen LogP contribution < -0.4 is 10.5 Å². The average molecular weight is 269 g/mol. The van der Waals surface area contributed by atoms with Gasteiger partial charge in [-0.15, -0.1) is 0 Å². The Morgan fingerprint density at radius 1 is 1.33 bits per heavy atom. The van der Waals surface area contributed by atoms with Gasteiger partial charge in [0, 0.05) is 22.6 Å². The van der Waals surface area contributed by atoms with E-state index < -0.39 is 10.8 Å². The van der Waals surface area contributed by atoms with Gasteiger partial charge in [-0.25, -0.2) is 0 Å². The summed E-state index contributed by atoms with van der Waals surface area (Å²) in [6.07, 6.45) is 2.06. The van der Waals surface area contributed by atoms with E-state index in [1.165, 1.54) is 0 Å². The van der Waals surface area contributed by atoms with Crippen LogP contribution in [0.1, 0.15) is 38.3 Å². The molecular weight excluding hydrogens is 246 g/mol. The summed E-state index contributed by atoms with van der Waals surface area (Å²) in [5, 5.41) is -0.0232. The van der Waals surface area contributed by atoms with Gasteiger partial charge < -0.3 is 10.5 Å². The van der Waals surface area contributed by atoms with Gasteiger partial charge in [0.2, 0.25) is 0 Å². The fourth-order valence-corrected chi connectivity index (χ4v) is 3.16. The second-order valence-corrected chi connectivity index (χ2v) is 6.36. The molecule has 4 heteroatoms. The number of nitrogens with two attached hydrogens (primary N) is 1. The topological polar surface area (TPSA) is 52.3 Å². The minimum Gasteiger partial charge on any atom is -0.497 e. The number of rotatable bonds is 7. The Kier molecular flexibility index (Phi) is 6.36. The van der Waals surface area contributed by atoms with Crippen molar-refractivity contribution in [3.05, 3.63) is 29.8 Å². The molecule has 1 rings (SSSR count). The predicted molar refractivity (Wildman–Crippen MR) is 77.3 cm³/mol. The first-order valence-corrected chi connectivity index (χ1v) is 7.75. The summed E-state index contributed by atoms with van der Waals surface area (Å²) in [5.74, 6) is 1.55. The average Bonchev–Trinajstić information content (AvgIpc) is 2.43. The highest BCUT2D eigenvalue weighted by atomic mass is 32.2. The van der Waals surface area contributed by atoms with E-state index in [1.807, 2.05) is 31.2 Å². The van der Waals surface area contributed by atoms with E-state index in [0.29, 0.717) is 0 Å². The summed E-state index contributed by atoms with van der Waals surface area (Å²) in [6, 6.07) is 7.47. The second kappa shape index (κ2) is 7.54. The van der Waals surface area contributed by atoms with E-state index in [0.717, 1.165) is 29.9 Å². The molecule has 0 bridgehead atoms. The number of benzene rings is 1. The number of hydrogen-bond acceptors (Lipinski definition) is 3. The molecule has 0 aliphatic carbocycles. The first-order chi connectivity index (χ1) is 8.60. The Balaban J connectivity index is 2.66. The van der Waals surface area contributed by atoms with Crippen LogP contribution in [0.4, 0.5) is 0 Å². The standard InChI is InChI=1S/C14H23NO2S/c1-4-5-10-18(16)11(2)14(15)12-6-8-13(17-3)9-7-12/h6-9,11,14H,4-5,10,15H2,1-3H3. The van der Waals surface area contributed by atoms with Crippen molar-refractivity contribution in [2.24, 2.45) is 5.73 Å². The first-order valence-electron chi connectivity index (χ1n) is 6.36. The second-order valence-electron chi connectivity index (χ2n) is 4.44. The van der Waals surface area contributed by atoms with Crippen LogP contribution in [0.15, 0.2) is 24.3 Å². The molecule has 3 atom stereocenters. The highest BCUT2D eigenvalue weighted by molar-refractivity contribution is 7.85. The molecule has 0 radical (unpaired) electrons.